The molecule has 0 bridgehead atoms. The minimum Gasteiger partial charge on any atom is -0.360 e. The molecule has 56 valence electrons. The van der Waals surface area contributed by atoms with Crippen LogP contribution in [0.5, 0.6) is 0 Å². The molecule has 3 heteroatoms. The van der Waals surface area contributed by atoms with Gasteiger partial charge in [-0.3, -0.25) is 4.68 Å². The minimum atomic E-state index is 0.984. The van der Waals surface area contributed by atoms with Crippen molar-refractivity contribution < 1.29 is 0 Å². The first-order chi connectivity index (χ1) is 5.36. The molecule has 1 N–H and O–H groups in total. The number of hydrogen-bond acceptors (Lipinski definition) is 1. The Balaban J connectivity index is 2.45. The Morgan fingerprint density at radius 1 is 1.45 bits per heavy atom. The van der Waals surface area contributed by atoms with Crippen LogP contribution in [0, 0.1) is 0 Å². The van der Waals surface area contributed by atoms with Crippen LogP contribution < -0.4 is 0 Å². The van der Waals surface area contributed by atoms with Gasteiger partial charge in [0, 0.05) is 19.4 Å². The molecule has 0 atom stereocenters. The van der Waals surface area contributed by atoms with Crippen LogP contribution in [0.15, 0.2) is 30.6 Å². The molecule has 0 saturated carbocycles. The number of nitrogens with one attached hydrogen (secondary N) is 1. The van der Waals surface area contributed by atoms with Crippen molar-refractivity contribution in [2.75, 3.05) is 0 Å². The highest BCUT2D eigenvalue weighted by Crippen LogP contribution is 2.12. The second-order valence-electron chi connectivity index (χ2n) is 2.46. The molecule has 0 amide bonds. The van der Waals surface area contributed by atoms with Crippen molar-refractivity contribution in [2.45, 2.75) is 0 Å². The summed E-state index contributed by atoms with van der Waals surface area (Å²) in [5, 5.41) is 4.24. The van der Waals surface area contributed by atoms with Gasteiger partial charge >= 0.3 is 0 Å². The monoisotopic (exact) mass is 147 g/mol. The molecule has 0 unspecified atom stereocenters. The molecule has 0 spiro atoms. The van der Waals surface area contributed by atoms with Gasteiger partial charge in [0.2, 0.25) is 0 Å². The first-order valence-electron chi connectivity index (χ1n) is 3.50. The second-order valence-corrected chi connectivity index (χ2v) is 2.46. The molecule has 0 fully saturated rings. The van der Waals surface area contributed by atoms with Crippen LogP contribution in [0.2, 0.25) is 0 Å². The molecule has 2 rings (SSSR count). The molecule has 3 nitrogen and oxygen atoms in total. The van der Waals surface area contributed by atoms with E-state index in [4.69, 9.17) is 0 Å². The van der Waals surface area contributed by atoms with E-state index in [-0.39, 0.29) is 0 Å². The quantitative estimate of drug-likeness (QED) is 0.650. The number of rotatable bonds is 1. The fourth-order valence-corrected chi connectivity index (χ4v) is 1.05. The van der Waals surface area contributed by atoms with E-state index in [1.807, 2.05) is 37.6 Å². The van der Waals surface area contributed by atoms with Gasteiger partial charge in [0.15, 0.2) is 0 Å². The third kappa shape index (κ3) is 1.05. The highest BCUT2D eigenvalue weighted by Gasteiger charge is 1.98. The zero-order valence-corrected chi connectivity index (χ0v) is 6.28. The largest absolute Gasteiger partial charge is 0.360 e. The predicted molar refractivity (Wildman–Crippen MR) is 43.0 cm³/mol. The van der Waals surface area contributed by atoms with Gasteiger partial charge in [0.1, 0.15) is 5.69 Å². The van der Waals surface area contributed by atoms with E-state index in [0.717, 1.165) is 11.4 Å². The zero-order chi connectivity index (χ0) is 7.68. The fourth-order valence-electron chi connectivity index (χ4n) is 1.05. The molecule has 11 heavy (non-hydrogen) atoms. The Morgan fingerprint density at radius 2 is 2.36 bits per heavy atom. The lowest BCUT2D eigenvalue weighted by atomic mass is 10.3. The van der Waals surface area contributed by atoms with E-state index < -0.39 is 0 Å². The van der Waals surface area contributed by atoms with Crippen LogP contribution >= 0.6 is 0 Å². The number of aromatic nitrogens is 3. The molecule has 0 aliphatic rings. The first-order valence-corrected chi connectivity index (χ1v) is 3.50. The van der Waals surface area contributed by atoms with Gasteiger partial charge in [-0.1, -0.05) is 0 Å². The van der Waals surface area contributed by atoms with Gasteiger partial charge < -0.3 is 4.98 Å². The van der Waals surface area contributed by atoms with E-state index in [2.05, 4.69) is 10.1 Å². The molecule has 2 aromatic rings. The van der Waals surface area contributed by atoms with Gasteiger partial charge in [0.25, 0.3) is 0 Å². The Hall–Kier alpha value is -1.51. The second kappa shape index (κ2) is 2.27. The van der Waals surface area contributed by atoms with Gasteiger partial charge in [-0.05, 0) is 18.2 Å². The van der Waals surface area contributed by atoms with Gasteiger partial charge in [0.05, 0.1) is 5.69 Å². The summed E-state index contributed by atoms with van der Waals surface area (Å²) in [7, 11) is 1.91. The lowest BCUT2D eigenvalue weighted by molar-refractivity contribution is 0.770. The summed E-state index contributed by atoms with van der Waals surface area (Å²) < 4.78 is 1.79. The maximum absolute atomic E-state index is 4.24. The molecular weight excluding hydrogens is 138 g/mol. The minimum absolute atomic E-state index is 0.984. The number of hydrogen-bond donors (Lipinski definition) is 1. The van der Waals surface area contributed by atoms with Crippen LogP contribution in [-0.4, -0.2) is 14.8 Å². The Labute approximate surface area is 64.7 Å². The van der Waals surface area contributed by atoms with Crippen molar-refractivity contribution in [3.05, 3.63) is 30.6 Å². The Morgan fingerprint density at radius 3 is 2.91 bits per heavy atom. The first kappa shape index (κ1) is 6.22. The third-order valence-electron chi connectivity index (χ3n) is 1.59. The normalized spacial score (nSPS) is 10.3. The standard InChI is InChI=1S/C8H9N3/c1-11-6-4-8(10-11)7-3-2-5-9-7/h2-6,9H,1H3. The van der Waals surface area contributed by atoms with Crippen molar-refractivity contribution in [3.8, 4) is 11.4 Å². The van der Waals surface area contributed by atoms with Crippen molar-refractivity contribution in [1.82, 2.24) is 14.8 Å². The highest BCUT2D eigenvalue weighted by atomic mass is 15.2. The predicted octanol–water partition coefficient (Wildman–Crippen LogP) is 1.42. The van der Waals surface area contributed by atoms with E-state index >= 15 is 0 Å². The summed E-state index contributed by atoms with van der Waals surface area (Å²) in [6.45, 7) is 0. The lowest BCUT2D eigenvalue weighted by Gasteiger charge is -1.88. The smallest absolute Gasteiger partial charge is 0.108 e. The van der Waals surface area contributed by atoms with Crippen molar-refractivity contribution in [2.24, 2.45) is 7.05 Å². The average molecular weight is 147 g/mol. The van der Waals surface area contributed by atoms with Crippen molar-refractivity contribution in [1.29, 1.82) is 0 Å². The van der Waals surface area contributed by atoms with Crippen LogP contribution in [0.1, 0.15) is 0 Å². The molecule has 0 aliphatic heterocycles. The molecule has 0 saturated heterocycles. The summed E-state index contributed by atoms with van der Waals surface area (Å²) in [6.07, 6.45) is 3.82. The van der Waals surface area contributed by atoms with Crippen LogP contribution in [0.4, 0.5) is 0 Å². The summed E-state index contributed by atoms with van der Waals surface area (Å²) in [4.78, 5) is 3.09. The Kier molecular flexibility index (Phi) is 1.28. The molecule has 2 aromatic heterocycles. The molecular formula is C8H9N3. The van der Waals surface area contributed by atoms with E-state index in [9.17, 15) is 0 Å². The number of H-pyrrole nitrogens is 1. The van der Waals surface area contributed by atoms with Gasteiger partial charge in [-0.25, -0.2) is 0 Å². The number of aryl methyl sites for hydroxylation is 1. The topological polar surface area (TPSA) is 33.6 Å². The van der Waals surface area contributed by atoms with Crippen LogP contribution in [-0.2, 0) is 7.05 Å². The van der Waals surface area contributed by atoms with Gasteiger partial charge in [-0.15, -0.1) is 0 Å². The van der Waals surface area contributed by atoms with Crippen LogP contribution in [0.3, 0.4) is 0 Å². The summed E-state index contributed by atoms with van der Waals surface area (Å²) >= 11 is 0. The van der Waals surface area contributed by atoms with E-state index in [0.29, 0.717) is 0 Å². The third-order valence-corrected chi connectivity index (χ3v) is 1.59. The fraction of sp³-hybridized carbons (Fsp3) is 0.125. The number of nitrogens with zero attached hydrogens (tertiary/aromatic N) is 2. The summed E-state index contributed by atoms with van der Waals surface area (Å²) in [5.74, 6) is 0. The SMILES string of the molecule is Cn1ccc(-c2ccc[nH]2)n1. The van der Waals surface area contributed by atoms with E-state index in [1.165, 1.54) is 0 Å². The van der Waals surface area contributed by atoms with Crippen LogP contribution in [0.25, 0.3) is 11.4 Å². The Bertz CT molecular complexity index is 332. The molecule has 2 heterocycles. The highest BCUT2D eigenvalue weighted by molar-refractivity contribution is 5.52. The molecule has 0 aliphatic carbocycles. The van der Waals surface area contributed by atoms with E-state index in [1.54, 1.807) is 4.68 Å². The molecule has 0 radical (unpaired) electrons. The average Bonchev–Trinajstić information content (AvgIpc) is 2.55. The maximum Gasteiger partial charge on any atom is 0.108 e. The summed E-state index contributed by atoms with van der Waals surface area (Å²) in [5.41, 5.74) is 2.04. The maximum atomic E-state index is 4.24. The number of aromatic amines is 1. The van der Waals surface area contributed by atoms with Crippen molar-refractivity contribution >= 4 is 0 Å². The van der Waals surface area contributed by atoms with Gasteiger partial charge in [-0.2, -0.15) is 5.10 Å². The zero-order valence-electron chi connectivity index (χ0n) is 6.28. The summed E-state index contributed by atoms with van der Waals surface area (Å²) in [6, 6.07) is 5.94. The molecule has 0 aromatic carbocycles. The van der Waals surface area contributed by atoms with Crippen molar-refractivity contribution in [3.63, 3.8) is 0 Å². The lowest BCUT2D eigenvalue weighted by Crippen LogP contribution is -1.87.